The maximum absolute atomic E-state index is 14.0. The lowest BCUT2D eigenvalue weighted by Gasteiger charge is -2.27. The number of hydrogen-bond acceptors (Lipinski definition) is 5. The summed E-state index contributed by atoms with van der Waals surface area (Å²) in [5, 5.41) is 8.58. The zero-order valence-electron chi connectivity index (χ0n) is 17.2. The molecule has 1 aliphatic heterocycles. The SMILES string of the molecule is O=C(NC1CCCC1)c1ccc2c(c1)NC(=O)C(CS(=O)(=O)Cc1c(F)cccc1Cl)N2. The maximum atomic E-state index is 14.0. The summed E-state index contributed by atoms with van der Waals surface area (Å²) in [7, 11) is -3.86. The van der Waals surface area contributed by atoms with Gasteiger partial charge in [0.15, 0.2) is 9.84 Å². The summed E-state index contributed by atoms with van der Waals surface area (Å²) in [5.74, 6) is -2.62. The molecule has 2 aliphatic rings. The Labute approximate surface area is 190 Å². The van der Waals surface area contributed by atoms with Crippen LogP contribution in [0.2, 0.25) is 5.02 Å². The molecule has 0 spiro atoms. The standard InChI is InChI=1S/C22H23ClFN3O4S/c23-16-6-3-7-17(24)15(16)11-32(30,31)12-20-22(29)27-19-10-13(8-9-18(19)26-20)21(28)25-14-4-1-2-5-14/h3,6-10,14,20,26H,1-2,4-5,11-12H2,(H,25,28)(H,27,29). The number of halogens is 2. The molecule has 170 valence electrons. The Bertz CT molecular complexity index is 1150. The average Bonchev–Trinajstić information content (AvgIpc) is 3.24. The molecule has 0 saturated heterocycles. The molecule has 1 saturated carbocycles. The second kappa shape index (κ2) is 9.07. The highest BCUT2D eigenvalue weighted by Crippen LogP contribution is 2.29. The van der Waals surface area contributed by atoms with Gasteiger partial charge in [0.05, 0.1) is 22.9 Å². The molecule has 0 aromatic heterocycles. The van der Waals surface area contributed by atoms with E-state index in [4.69, 9.17) is 11.6 Å². The Morgan fingerprint density at radius 1 is 1.16 bits per heavy atom. The van der Waals surface area contributed by atoms with Crippen LogP contribution in [0.5, 0.6) is 0 Å². The monoisotopic (exact) mass is 479 g/mol. The number of hydrogen-bond donors (Lipinski definition) is 3. The van der Waals surface area contributed by atoms with E-state index >= 15 is 0 Å². The maximum Gasteiger partial charge on any atom is 0.251 e. The number of carbonyl (C=O) groups is 2. The van der Waals surface area contributed by atoms with Gasteiger partial charge in [0.1, 0.15) is 11.9 Å². The van der Waals surface area contributed by atoms with Gasteiger partial charge in [-0.1, -0.05) is 30.5 Å². The molecule has 1 atom stereocenters. The highest BCUT2D eigenvalue weighted by molar-refractivity contribution is 7.90. The van der Waals surface area contributed by atoms with E-state index in [1.165, 1.54) is 12.1 Å². The molecule has 1 heterocycles. The van der Waals surface area contributed by atoms with Crippen molar-refractivity contribution in [2.24, 2.45) is 0 Å². The van der Waals surface area contributed by atoms with E-state index in [1.807, 2.05) is 0 Å². The Hall–Kier alpha value is -2.65. The van der Waals surface area contributed by atoms with Gasteiger partial charge in [-0.05, 0) is 43.2 Å². The molecule has 0 radical (unpaired) electrons. The zero-order chi connectivity index (χ0) is 22.9. The van der Waals surface area contributed by atoms with Crippen molar-refractivity contribution in [3.63, 3.8) is 0 Å². The molecule has 2 aromatic carbocycles. The second-order valence-corrected chi connectivity index (χ2v) is 10.7. The van der Waals surface area contributed by atoms with Gasteiger partial charge in [-0.3, -0.25) is 9.59 Å². The van der Waals surface area contributed by atoms with E-state index < -0.39 is 39.1 Å². The lowest BCUT2D eigenvalue weighted by atomic mass is 10.1. The van der Waals surface area contributed by atoms with Crippen LogP contribution in [0.1, 0.15) is 41.6 Å². The number of anilines is 2. The molecular formula is C22H23ClFN3O4S. The number of amides is 2. The fourth-order valence-electron chi connectivity index (χ4n) is 4.05. The topological polar surface area (TPSA) is 104 Å². The van der Waals surface area contributed by atoms with Crippen LogP contribution in [0.4, 0.5) is 15.8 Å². The van der Waals surface area contributed by atoms with Crippen molar-refractivity contribution in [3.05, 3.63) is 58.4 Å². The van der Waals surface area contributed by atoms with Crippen LogP contribution in [0, 0.1) is 5.82 Å². The highest BCUT2D eigenvalue weighted by atomic mass is 35.5. The van der Waals surface area contributed by atoms with Crippen LogP contribution < -0.4 is 16.0 Å². The first-order chi connectivity index (χ1) is 15.2. The van der Waals surface area contributed by atoms with Crippen LogP contribution in [0.15, 0.2) is 36.4 Å². The third kappa shape index (κ3) is 5.05. The summed E-state index contributed by atoms with van der Waals surface area (Å²) in [6.07, 6.45) is 4.12. The van der Waals surface area contributed by atoms with Crippen molar-refractivity contribution >= 4 is 44.6 Å². The number of fused-ring (bicyclic) bond motifs is 1. The van der Waals surface area contributed by atoms with Crippen molar-refractivity contribution in [1.82, 2.24) is 5.32 Å². The highest BCUT2D eigenvalue weighted by Gasteiger charge is 2.31. The van der Waals surface area contributed by atoms with E-state index in [2.05, 4.69) is 16.0 Å². The van der Waals surface area contributed by atoms with Gasteiger partial charge in [0.2, 0.25) is 5.91 Å². The predicted octanol–water partition coefficient (Wildman–Crippen LogP) is 3.50. The van der Waals surface area contributed by atoms with Crippen molar-refractivity contribution in [1.29, 1.82) is 0 Å². The lowest BCUT2D eigenvalue weighted by Crippen LogP contribution is -2.44. The first kappa shape index (κ1) is 22.5. The quantitative estimate of drug-likeness (QED) is 0.588. The van der Waals surface area contributed by atoms with Gasteiger partial charge in [-0.25, -0.2) is 12.8 Å². The molecule has 32 heavy (non-hydrogen) atoms. The summed E-state index contributed by atoms with van der Waals surface area (Å²) in [6, 6.07) is 7.87. The lowest BCUT2D eigenvalue weighted by molar-refractivity contribution is -0.116. The summed E-state index contributed by atoms with van der Waals surface area (Å²) < 4.78 is 39.3. The van der Waals surface area contributed by atoms with Crippen molar-refractivity contribution < 1.29 is 22.4 Å². The predicted molar refractivity (Wildman–Crippen MR) is 121 cm³/mol. The Morgan fingerprint density at radius 2 is 1.91 bits per heavy atom. The van der Waals surface area contributed by atoms with Gasteiger partial charge in [0, 0.05) is 22.2 Å². The smallest absolute Gasteiger partial charge is 0.251 e. The molecule has 2 amide bonds. The summed E-state index contributed by atoms with van der Waals surface area (Å²) in [5.41, 5.74) is 1.20. The van der Waals surface area contributed by atoms with Crippen LogP contribution in [-0.4, -0.2) is 38.1 Å². The summed E-state index contributed by atoms with van der Waals surface area (Å²) in [4.78, 5) is 25.0. The normalized spacial score (nSPS) is 18.6. The second-order valence-electron chi connectivity index (χ2n) is 8.16. The number of nitrogens with one attached hydrogen (secondary N) is 3. The molecule has 1 unspecified atom stereocenters. The first-order valence-corrected chi connectivity index (χ1v) is 12.6. The van der Waals surface area contributed by atoms with E-state index in [1.54, 1.807) is 18.2 Å². The zero-order valence-corrected chi connectivity index (χ0v) is 18.7. The minimum atomic E-state index is -3.86. The van der Waals surface area contributed by atoms with E-state index in [-0.39, 0.29) is 22.5 Å². The molecule has 1 aliphatic carbocycles. The first-order valence-electron chi connectivity index (χ1n) is 10.4. The van der Waals surface area contributed by atoms with E-state index in [9.17, 15) is 22.4 Å². The fraction of sp³-hybridized carbons (Fsp3) is 0.364. The Morgan fingerprint density at radius 3 is 2.62 bits per heavy atom. The van der Waals surface area contributed by atoms with Gasteiger partial charge in [-0.2, -0.15) is 0 Å². The number of benzene rings is 2. The summed E-state index contributed by atoms with van der Waals surface area (Å²) in [6.45, 7) is 0. The Balaban J connectivity index is 1.45. The van der Waals surface area contributed by atoms with Gasteiger partial charge in [-0.15, -0.1) is 0 Å². The number of rotatable bonds is 6. The van der Waals surface area contributed by atoms with Crippen molar-refractivity contribution in [3.8, 4) is 0 Å². The number of carbonyl (C=O) groups excluding carboxylic acids is 2. The Kier molecular flexibility index (Phi) is 6.39. The van der Waals surface area contributed by atoms with Crippen molar-refractivity contribution in [2.75, 3.05) is 16.4 Å². The van der Waals surface area contributed by atoms with Crippen LogP contribution in [0.3, 0.4) is 0 Å². The van der Waals surface area contributed by atoms with Crippen LogP contribution in [-0.2, 0) is 20.4 Å². The molecule has 10 heteroatoms. The molecule has 1 fully saturated rings. The molecule has 3 N–H and O–H groups in total. The third-order valence-electron chi connectivity index (χ3n) is 5.72. The molecule has 4 rings (SSSR count). The molecular weight excluding hydrogens is 457 g/mol. The fourth-order valence-corrected chi connectivity index (χ4v) is 5.95. The molecule has 2 aromatic rings. The largest absolute Gasteiger partial charge is 0.371 e. The van der Waals surface area contributed by atoms with Crippen LogP contribution in [0.25, 0.3) is 0 Å². The minimum absolute atomic E-state index is 0.0170. The number of sulfone groups is 1. The van der Waals surface area contributed by atoms with Gasteiger partial charge >= 0.3 is 0 Å². The van der Waals surface area contributed by atoms with Crippen molar-refractivity contribution in [2.45, 2.75) is 43.5 Å². The van der Waals surface area contributed by atoms with E-state index in [0.29, 0.717) is 16.9 Å². The minimum Gasteiger partial charge on any atom is -0.371 e. The summed E-state index contributed by atoms with van der Waals surface area (Å²) >= 11 is 5.94. The van der Waals surface area contributed by atoms with Crippen LogP contribution >= 0.6 is 11.6 Å². The third-order valence-corrected chi connectivity index (χ3v) is 7.65. The van der Waals surface area contributed by atoms with E-state index in [0.717, 1.165) is 31.7 Å². The molecule has 7 nitrogen and oxygen atoms in total. The van der Waals surface area contributed by atoms with Gasteiger partial charge in [0.25, 0.3) is 5.91 Å². The average molecular weight is 480 g/mol. The molecule has 0 bridgehead atoms. The van der Waals surface area contributed by atoms with Gasteiger partial charge < -0.3 is 16.0 Å².